The molecule has 5 nitrogen and oxygen atoms in total. The van der Waals surface area contributed by atoms with E-state index in [1.54, 1.807) is 24.3 Å². The molecule has 0 atom stereocenters. The average Bonchev–Trinajstić information content (AvgIpc) is 3.10. The summed E-state index contributed by atoms with van der Waals surface area (Å²) in [6.45, 7) is 4.14. The lowest BCUT2D eigenvalue weighted by atomic mass is 10.1. The molecule has 3 rings (SSSR count). The maximum absolute atomic E-state index is 12.6. The second-order valence-electron chi connectivity index (χ2n) is 6.92. The fourth-order valence-electron chi connectivity index (χ4n) is 3.26. The number of nitrogens with one attached hydrogen (secondary N) is 1. The van der Waals surface area contributed by atoms with Crippen molar-refractivity contribution >= 4 is 27.1 Å². The molecule has 0 spiro atoms. The molecule has 2 aromatic carbocycles. The third kappa shape index (κ3) is 4.64. The lowest BCUT2D eigenvalue weighted by molar-refractivity contribution is 0.102. The summed E-state index contributed by atoms with van der Waals surface area (Å²) in [5, 5.41) is 2.93. The molecule has 1 heterocycles. The summed E-state index contributed by atoms with van der Waals surface area (Å²) in [5.41, 5.74) is 4.03. The Kier molecular flexibility index (Phi) is 5.32. The first-order chi connectivity index (χ1) is 12.3. The second-order valence-corrected chi connectivity index (χ2v) is 9.06. The van der Waals surface area contributed by atoms with Crippen LogP contribution in [-0.2, 0) is 15.6 Å². The Balaban J connectivity index is 1.74. The van der Waals surface area contributed by atoms with E-state index in [4.69, 9.17) is 0 Å². The number of amides is 1. The topological polar surface area (TPSA) is 66.5 Å². The van der Waals surface area contributed by atoms with Gasteiger partial charge in [0.25, 0.3) is 5.91 Å². The largest absolute Gasteiger partial charge is 0.372 e. The van der Waals surface area contributed by atoms with Crippen LogP contribution in [0.2, 0.25) is 0 Å². The number of carbonyl (C=O) groups excluding carboxylic acids is 1. The number of sulfone groups is 1. The van der Waals surface area contributed by atoms with Gasteiger partial charge in [-0.2, -0.15) is 0 Å². The van der Waals surface area contributed by atoms with Crippen molar-refractivity contribution in [2.24, 2.45) is 0 Å². The Morgan fingerprint density at radius 1 is 1.12 bits per heavy atom. The molecule has 0 aromatic heterocycles. The van der Waals surface area contributed by atoms with Crippen LogP contribution in [0.1, 0.15) is 34.3 Å². The minimum Gasteiger partial charge on any atom is -0.372 e. The quantitative estimate of drug-likeness (QED) is 0.874. The molecule has 0 aliphatic carbocycles. The van der Waals surface area contributed by atoms with E-state index < -0.39 is 9.84 Å². The smallest absolute Gasteiger partial charge is 0.255 e. The van der Waals surface area contributed by atoms with Gasteiger partial charge in [-0.15, -0.1) is 0 Å². The maximum Gasteiger partial charge on any atom is 0.255 e. The Morgan fingerprint density at radius 2 is 1.85 bits per heavy atom. The van der Waals surface area contributed by atoms with Gasteiger partial charge in [-0.3, -0.25) is 4.79 Å². The van der Waals surface area contributed by atoms with Gasteiger partial charge in [0, 0.05) is 36.3 Å². The van der Waals surface area contributed by atoms with Gasteiger partial charge in [0.1, 0.15) is 0 Å². The summed E-state index contributed by atoms with van der Waals surface area (Å²) in [6.07, 6.45) is 3.63. The highest BCUT2D eigenvalue weighted by molar-refractivity contribution is 7.89. The van der Waals surface area contributed by atoms with E-state index in [-0.39, 0.29) is 11.7 Å². The molecular weight excluding hydrogens is 348 g/mol. The number of carbonyl (C=O) groups is 1. The number of benzene rings is 2. The molecule has 138 valence electrons. The van der Waals surface area contributed by atoms with Crippen molar-refractivity contribution in [1.82, 2.24) is 0 Å². The zero-order valence-corrected chi connectivity index (χ0v) is 16.0. The molecule has 0 radical (unpaired) electrons. The van der Waals surface area contributed by atoms with E-state index in [9.17, 15) is 13.2 Å². The highest BCUT2D eigenvalue weighted by atomic mass is 32.2. The van der Waals surface area contributed by atoms with Crippen molar-refractivity contribution in [3.05, 3.63) is 59.2 Å². The minimum atomic E-state index is -3.13. The van der Waals surface area contributed by atoms with Crippen molar-refractivity contribution in [2.45, 2.75) is 25.5 Å². The fraction of sp³-hybridized carbons (Fsp3) is 0.350. The van der Waals surface area contributed by atoms with Crippen molar-refractivity contribution in [3.8, 4) is 0 Å². The molecular formula is C20H24N2O3S. The zero-order valence-electron chi connectivity index (χ0n) is 15.2. The van der Waals surface area contributed by atoms with Crippen molar-refractivity contribution in [2.75, 3.05) is 29.6 Å². The molecule has 0 saturated carbocycles. The number of hydrogen-bond acceptors (Lipinski definition) is 4. The number of anilines is 2. The monoisotopic (exact) mass is 372 g/mol. The van der Waals surface area contributed by atoms with Gasteiger partial charge >= 0.3 is 0 Å². The Bertz CT molecular complexity index is 916. The molecule has 0 bridgehead atoms. The van der Waals surface area contributed by atoms with Crippen molar-refractivity contribution in [3.63, 3.8) is 0 Å². The highest BCUT2D eigenvalue weighted by Crippen LogP contribution is 2.26. The van der Waals surface area contributed by atoms with Crippen LogP contribution in [0.15, 0.2) is 42.5 Å². The highest BCUT2D eigenvalue weighted by Gasteiger charge is 2.14. The van der Waals surface area contributed by atoms with E-state index in [2.05, 4.69) is 16.3 Å². The fourth-order valence-corrected chi connectivity index (χ4v) is 4.04. The maximum atomic E-state index is 12.6. The molecule has 1 N–H and O–H groups in total. The summed E-state index contributed by atoms with van der Waals surface area (Å²) in [4.78, 5) is 14.9. The van der Waals surface area contributed by atoms with E-state index in [0.29, 0.717) is 11.1 Å². The van der Waals surface area contributed by atoms with Gasteiger partial charge in [0.15, 0.2) is 9.84 Å². The lowest BCUT2D eigenvalue weighted by Gasteiger charge is -2.19. The van der Waals surface area contributed by atoms with Crippen LogP contribution < -0.4 is 10.2 Å². The molecule has 26 heavy (non-hydrogen) atoms. The molecule has 1 aliphatic heterocycles. The van der Waals surface area contributed by atoms with Gasteiger partial charge in [-0.1, -0.05) is 12.1 Å². The first-order valence-electron chi connectivity index (χ1n) is 8.75. The first-order valence-corrected chi connectivity index (χ1v) is 10.8. The summed E-state index contributed by atoms with van der Waals surface area (Å²) in [6, 6.07) is 12.8. The van der Waals surface area contributed by atoms with Gasteiger partial charge in [-0.25, -0.2) is 8.42 Å². The van der Waals surface area contributed by atoms with Gasteiger partial charge < -0.3 is 10.2 Å². The summed E-state index contributed by atoms with van der Waals surface area (Å²) >= 11 is 0. The predicted molar refractivity (Wildman–Crippen MR) is 106 cm³/mol. The Labute approximate surface area is 154 Å². The first kappa shape index (κ1) is 18.5. The van der Waals surface area contributed by atoms with Crippen LogP contribution in [0.3, 0.4) is 0 Å². The van der Waals surface area contributed by atoms with Crippen LogP contribution in [-0.4, -0.2) is 33.7 Å². The van der Waals surface area contributed by atoms with Crippen LogP contribution in [0, 0.1) is 6.92 Å². The molecule has 1 saturated heterocycles. The minimum absolute atomic E-state index is 0.0717. The van der Waals surface area contributed by atoms with Crippen molar-refractivity contribution < 1.29 is 13.2 Å². The molecule has 1 fully saturated rings. The molecule has 1 amide bonds. The average molecular weight is 372 g/mol. The summed E-state index contributed by atoms with van der Waals surface area (Å²) in [7, 11) is -3.13. The van der Waals surface area contributed by atoms with Crippen LogP contribution in [0.25, 0.3) is 0 Å². The van der Waals surface area contributed by atoms with E-state index >= 15 is 0 Å². The Morgan fingerprint density at radius 3 is 2.50 bits per heavy atom. The molecule has 1 aliphatic rings. The SMILES string of the molecule is Cc1cc(N2CCCC2)ccc1NC(=O)c1cccc(CS(C)(=O)=O)c1. The van der Waals surface area contributed by atoms with Crippen LogP contribution in [0.5, 0.6) is 0 Å². The van der Waals surface area contributed by atoms with Crippen LogP contribution >= 0.6 is 0 Å². The second kappa shape index (κ2) is 7.50. The molecule has 6 heteroatoms. The lowest BCUT2D eigenvalue weighted by Crippen LogP contribution is -2.18. The number of aryl methyl sites for hydroxylation is 1. The predicted octanol–water partition coefficient (Wildman–Crippen LogP) is 3.39. The molecule has 2 aromatic rings. The third-order valence-corrected chi connectivity index (χ3v) is 5.41. The van der Waals surface area contributed by atoms with E-state index in [1.165, 1.54) is 24.8 Å². The van der Waals surface area contributed by atoms with E-state index in [1.807, 2.05) is 19.1 Å². The van der Waals surface area contributed by atoms with Gasteiger partial charge in [-0.05, 0) is 61.2 Å². The molecule has 0 unspecified atom stereocenters. The van der Waals surface area contributed by atoms with Gasteiger partial charge in [0.05, 0.1) is 5.75 Å². The standard InChI is InChI=1S/C20H24N2O3S/c1-15-12-18(22-10-3-4-11-22)8-9-19(15)21-20(23)17-7-5-6-16(13-17)14-26(2,24)25/h5-9,12-13H,3-4,10-11,14H2,1-2H3,(H,21,23). The van der Waals surface area contributed by atoms with Crippen LogP contribution in [0.4, 0.5) is 11.4 Å². The van der Waals surface area contributed by atoms with Crippen molar-refractivity contribution in [1.29, 1.82) is 0 Å². The zero-order chi connectivity index (χ0) is 18.7. The Hall–Kier alpha value is -2.34. The summed E-state index contributed by atoms with van der Waals surface area (Å²) < 4.78 is 22.9. The number of hydrogen-bond donors (Lipinski definition) is 1. The third-order valence-electron chi connectivity index (χ3n) is 4.55. The van der Waals surface area contributed by atoms with Gasteiger partial charge in [0.2, 0.25) is 0 Å². The summed E-state index contributed by atoms with van der Waals surface area (Å²) in [5.74, 6) is -0.310. The normalized spacial score (nSPS) is 14.5. The number of nitrogens with zero attached hydrogens (tertiary/aromatic N) is 1. The van der Waals surface area contributed by atoms with E-state index in [0.717, 1.165) is 24.3 Å². The number of rotatable bonds is 5.